The highest BCUT2D eigenvalue weighted by Crippen LogP contribution is 2.36. The number of halogens is 2. The van der Waals surface area contributed by atoms with Crippen molar-refractivity contribution in [3.8, 4) is 11.5 Å². The molecule has 2 aromatic heterocycles. The number of nitrogens with one attached hydrogen (secondary N) is 2. The summed E-state index contributed by atoms with van der Waals surface area (Å²) in [6, 6.07) is 8.91. The van der Waals surface area contributed by atoms with Gasteiger partial charge in [0.25, 0.3) is 0 Å². The van der Waals surface area contributed by atoms with Gasteiger partial charge in [-0.1, -0.05) is 0 Å². The van der Waals surface area contributed by atoms with Crippen LogP contribution in [-0.4, -0.2) is 75.3 Å². The SMILES string of the molecule is CC(C)N1CC(C(=O)Nc2ccc(Oc3ccnc4[nH]nc(N(C)[C@@H](C)CO)c34)c(F)c2)C(=O)N(c2ccc(F)cc2)C1=O. The minimum Gasteiger partial charge on any atom is -0.453 e. The van der Waals surface area contributed by atoms with Crippen LogP contribution in [-0.2, 0) is 9.59 Å². The number of benzene rings is 2. The summed E-state index contributed by atoms with van der Waals surface area (Å²) < 4.78 is 34.7. The zero-order chi connectivity index (χ0) is 31.7. The summed E-state index contributed by atoms with van der Waals surface area (Å²) in [4.78, 5) is 48.0. The van der Waals surface area contributed by atoms with Crippen molar-refractivity contribution in [2.45, 2.75) is 32.9 Å². The smallest absolute Gasteiger partial charge is 0.331 e. The molecule has 1 aliphatic rings. The number of pyridine rings is 1. The molecule has 1 fully saturated rings. The molecular weight excluding hydrogens is 576 g/mol. The van der Waals surface area contributed by atoms with Crippen molar-refractivity contribution in [3.63, 3.8) is 0 Å². The first-order valence-electron chi connectivity index (χ1n) is 13.8. The third-order valence-corrected chi connectivity index (χ3v) is 7.44. The molecule has 4 aromatic rings. The average Bonchev–Trinajstić information content (AvgIpc) is 3.43. The number of imide groups is 1. The standard InChI is InChI=1S/C30H31F2N7O5/c1-16(2)38-14-21(29(42)39(30(38)43)20-8-5-18(31)6-9-20)28(41)34-19-7-10-23(22(32)13-19)44-24-11-12-33-26-25(24)27(36-35-26)37(4)17(3)15-40/h5-13,16-17,21,40H,14-15H2,1-4H3,(H,34,41)(H,33,35,36)/t17-,21?/m0/s1. The van der Waals surface area contributed by atoms with Gasteiger partial charge in [0.05, 0.1) is 18.3 Å². The summed E-state index contributed by atoms with van der Waals surface area (Å²) in [5.41, 5.74) is 0.592. The molecule has 0 spiro atoms. The zero-order valence-electron chi connectivity index (χ0n) is 24.4. The lowest BCUT2D eigenvalue weighted by Gasteiger charge is -2.39. The molecule has 2 aromatic carbocycles. The summed E-state index contributed by atoms with van der Waals surface area (Å²) in [6.07, 6.45) is 1.48. The number of carbonyl (C=O) groups is 3. The Morgan fingerprint density at radius 3 is 2.52 bits per heavy atom. The van der Waals surface area contributed by atoms with E-state index in [-0.39, 0.29) is 48.1 Å². The lowest BCUT2D eigenvalue weighted by molar-refractivity contribution is -0.132. The predicted molar refractivity (Wildman–Crippen MR) is 159 cm³/mol. The molecule has 0 radical (unpaired) electrons. The topological polar surface area (TPSA) is 144 Å². The molecule has 0 saturated carbocycles. The highest BCUT2D eigenvalue weighted by molar-refractivity contribution is 6.23. The number of aliphatic hydroxyl groups excluding tert-OH is 1. The molecule has 3 heterocycles. The maximum Gasteiger partial charge on any atom is 0.331 e. The van der Waals surface area contributed by atoms with Gasteiger partial charge in [-0.05, 0) is 57.2 Å². The number of hydrogen-bond donors (Lipinski definition) is 3. The summed E-state index contributed by atoms with van der Waals surface area (Å²) in [5.74, 6) is -3.60. The van der Waals surface area contributed by atoms with Gasteiger partial charge in [0.15, 0.2) is 23.0 Å². The van der Waals surface area contributed by atoms with Gasteiger partial charge in [-0.15, -0.1) is 0 Å². The third-order valence-electron chi connectivity index (χ3n) is 7.44. The van der Waals surface area contributed by atoms with Crippen molar-refractivity contribution < 1.29 is 33.0 Å². The summed E-state index contributed by atoms with van der Waals surface area (Å²) in [6.45, 7) is 4.99. The first-order valence-corrected chi connectivity index (χ1v) is 13.8. The molecule has 1 unspecified atom stereocenters. The van der Waals surface area contributed by atoms with E-state index < -0.39 is 35.4 Å². The number of aromatic amines is 1. The molecule has 5 rings (SSSR count). The van der Waals surface area contributed by atoms with E-state index in [1.54, 1.807) is 31.9 Å². The number of hydrogen-bond acceptors (Lipinski definition) is 8. The monoisotopic (exact) mass is 607 g/mol. The Labute approximate surface area is 251 Å². The van der Waals surface area contributed by atoms with Crippen LogP contribution in [0.2, 0.25) is 0 Å². The Morgan fingerprint density at radius 1 is 1.14 bits per heavy atom. The normalized spacial score (nSPS) is 16.0. The number of nitrogens with zero attached hydrogens (tertiary/aromatic N) is 5. The highest BCUT2D eigenvalue weighted by Gasteiger charge is 2.44. The molecule has 4 amide bonds. The number of likely N-dealkylation sites (N-methyl/N-ethyl adjacent to an activating group) is 1. The van der Waals surface area contributed by atoms with Crippen LogP contribution in [0, 0.1) is 17.6 Å². The minimum atomic E-state index is -1.30. The number of fused-ring (bicyclic) bond motifs is 1. The number of rotatable bonds is 9. The Bertz CT molecular complexity index is 1710. The average molecular weight is 608 g/mol. The predicted octanol–water partition coefficient (Wildman–Crippen LogP) is 4.28. The van der Waals surface area contributed by atoms with Gasteiger partial charge in [-0.2, -0.15) is 5.10 Å². The first-order chi connectivity index (χ1) is 21.0. The molecule has 14 heteroatoms. The number of amides is 4. The van der Waals surface area contributed by atoms with Gasteiger partial charge in [0, 0.05) is 43.7 Å². The van der Waals surface area contributed by atoms with E-state index in [1.165, 1.54) is 35.4 Å². The number of aliphatic hydroxyl groups is 1. The van der Waals surface area contributed by atoms with Crippen molar-refractivity contribution in [2.24, 2.45) is 5.92 Å². The van der Waals surface area contributed by atoms with Crippen molar-refractivity contribution in [1.82, 2.24) is 20.1 Å². The second-order valence-corrected chi connectivity index (χ2v) is 10.7. The second-order valence-electron chi connectivity index (χ2n) is 10.7. The maximum atomic E-state index is 15.3. The van der Waals surface area contributed by atoms with E-state index in [9.17, 15) is 23.9 Å². The fourth-order valence-electron chi connectivity index (χ4n) is 4.77. The lowest BCUT2D eigenvalue weighted by Crippen LogP contribution is -2.61. The Morgan fingerprint density at radius 2 is 1.86 bits per heavy atom. The van der Waals surface area contributed by atoms with Crippen LogP contribution >= 0.6 is 0 Å². The fourth-order valence-corrected chi connectivity index (χ4v) is 4.77. The quantitative estimate of drug-likeness (QED) is 0.239. The molecule has 1 saturated heterocycles. The maximum absolute atomic E-state index is 15.3. The van der Waals surface area contributed by atoms with E-state index in [1.807, 2.05) is 6.92 Å². The summed E-state index contributed by atoms with van der Waals surface area (Å²) >= 11 is 0. The number of anilines is 3. The molecular formula is C30H31F2N7O5. The van der Waals surface area contributed by atoms with Gasteiger partial charge in [0.2, 0.25) is 11.8 Å². The van der Waals surface area contributed by atoms with Gasteiger partial charge in [-0.25, -0.2) is 23.5 Å². The van der Waals surface area contributed by atoms with E-state index in [2.05, 4.69) is 20.5 Å². The highest BCUT2D eigenvalue weighted by atomic mass is 19.1. The molecule has 1 aliphatic heterocycles. The van der Waals surface area contributed by atoms with E-state index in [0.717, 1.165) is 23.1 Å². The van der Waals surface area contributed by atoms with Crippen molar-refractivity contribution in [1.29, 1.82) is 0 Å². The van der Waals surface area contributed by atoms with E-state index in [0.29, 0.717) is 16.9 Å². The van der Waals surface area contributed by atoms with Gasteiger partial charge in [0.1, 0.15) is 22.9 Å². The van der Waals surface area contributed by atoms with Crippen LogP contribution in [0.4, 0.5) is 30.8 Å². The number of aromatic nitrogens is 3. The number of urea groups is 1. The number of ether oxygens (including phenoxy) is 1. The van der Waals surface area contributed by atoms with Crippen LogP contribution in [0.15, 0.2) is 54.7 Å². The van der Waals surface area contributed by atoms with Gasteiger partial charge >= 0.3 is 6.03 Å². The summed E-state index contributed by atoms with van der Waals surface area (Å²) in [7, 11) is 1.75. The molecule has 3 N–H and O–H groups in total. The van der Waals surface area contributed by atoms with Gasteiger partial charge in [-0.3, -0.25) is 14.7 Å². The molecule has 230 valence electrons. The number of carbonyl (C=O) groups excluding carboxylic acids is 3. The van der Waals surface area contributed by atoms with Crippen LogP contribution in [0.1, 0.15) is 20.8 Å². The largest absolute Gasteiger partial charge is 0.453 e. The molecule has 2 atom stereocenters. The van der Waals surface area contributed by atoms with Crippen LogP contribution in [0.3, 0.4) is 0 Å². The molecule has 12 nitrogen and oxygen atoms in total. The fraction of sp³-hybridized carbons (Fsp3) is 0.300. The lowest BCUT2D eigenvalue weighted by atomic mass is 10.0. The van der Waals surface area contributed by atoms with Crippen molar-refractivity contribution in [3.05, 3.63) is 66.4 Å². The Balaban J connectivity index is 1.37. The third kappa shape index (κ3) is 5.75. The number of H-pyrrole nitrogens is 1. The minimum absolute atomic E-state index is 0.0642. The van der Waals surface area contributed by atoms with Crippen LogP contribution in [0.25, 0.3) is 11.0 Å². The van der Waals surface area contributed by atoms with E-state index in [4.69, 9.17) is 4.74 Å². The first kappa shape index (κ1) is 30.4. The van der Waals surface area contributed by atoms with Crippen molar-refractivity contribution in [2.75, 3.05) is 35.3 Å². The van der Waals surface area contributed by atoms with Crippen molar-refractivity contribution >= 4 is 46.1 Å². The molecule has 0 aliphatic carbocycles. The Hall–Kier alpha value is -5.11. The molecule has 44 heavy (non-hydrogen) atoms. The molecule has 0 bridgehead atoms. The van der Waals surface area contributed by atoms with E-state index >= 15 is 4.39 Å². The van der Waals surface area contributed by atoms with Crippen LogP contribution in [0.5, 0.6) is 11.5 Å². The van der Waals surface area contributed by atoms with Crippen LogP contribution < -0.4 is 19.9 Å². The summed E-state index contributed by atoms with van der Waals surface area (Å²) in [5, 5.41) is 19.7. The van der Waals surface area contributed by atoms with Gasteiger partial charge < -0.3 is 25.0 Å². The zero-order valence-corrected chi connectivity index (χ0v) is 24.4. The Kier molecular flexibility index (Phi) is 8.45. The second kappa shape index (κ2) is 12.2.